The molecule has 1 aliphatic carbocycles. The van der Waals surface area contributed by atoms with Gasteiger partial charge in [0, 0.05) is 13.1 Å². The second kappa shape index (κ2) is 6.35. The maximum absolute atomic E-state index is 14.3. The summed E-state index contributed by atoms with van der Waals surface area (Å²) in [7, 11) is 0. The average Bonchev–Trinajstić information content (AvgIpc) is 2.61. The zero-order valence-electron chi connectivity index (χ0n) is 13.7. The normalized spacial score (nSPS) is 25.4. The van der Waals surface area contributed by atoms with E-state index in [1.165, 1.54) is 6.42 Å². The van der Waals surface area contributed by atoms with Crippen LogP contribution in [0.3, 0.4) is 0 Å². The minimum atomic E-state index is -0.143. The van der Waals surface area contributed by atoms with Gasteiger partial charge in [-0.3, -0.25) is 0 Å². The molecule has 2 nitrogen and oxygen atoms in total. The summed E-state index contributed by atoms with van der Waals surface area (Å²) in [6.45, 7) is 8.14. The fraction of sp³-hybridized carbons (Fsp3) is 0.667. The summed E-state index contributed by atoms with van der Waals surface area (Å²) in [5.41, 5.74) is 7.16. The Morgan fingerprint density at radius 3 is 2.48 bits per heavy atom. The molecule has 1 aromatic carbocycles. The molecule has 3 heteroatoms. The first kappa shape index (κ1) is 16.3. The number of likely N-dealkylation sites (N-methyl/N-ethyl adjacent to an activating group) is 1. The van der Waals surface area contributed by atoms with Crippen molar-refractivity contribution in [2.75, 3.05) is 18.0 Å². The van der Waals surface area contributed by atoms with Gasteiger partial charge in [0.05, 0.1) is 11.2 Å². The van der Waals surface area contributed by atoms with Crippen LogP contribution >= 0.6 is 0 Å². The molecule has 0 saturated heterocycles. The molecule has 0 radical (unpaired) electrons. The molecular formula is C18H29FN2. The molecule has 1 atom stereocenters. The van der Waals surface area contributed by atoms with Crippen LogP contribution in [-0.4, -0.2) is 18.6 Å². The van der Waals surface area contributed by atoms with E-state index in [2.05, 4.69) is 25.7 Å². The molecule has 1 fully saturated rings. The highest BCUT2D eigenvalue weighted by Gasteiger charge is 2.39. The molecule has 2 N–H and O–H groups in total. The Hall–Kier alpha value is -1.09. The second-order valence-electron chi connectivity index (χ2n) is 7.14. The van der Waals surface area contributed by atoms with Gasteiger partial charge >= 0.3 is 0 Å². The number of halogens is 1. The Bertz CT molecular complexity index is 472. The predicted molar refractivity (Wildman–Crippen MR) is 88.1 cm³/mol. The van der Waals surface area contributed by atoms with Gasteiger partial charge in [-0.2, -0.15) is 0 Å². The van der Waals surface area contributed by atoms with E-state index in [9.17, 15) is 4.39 Å². The molecular weight excluding hydrogens is 263 g/mol. The van der Waals surface area contributed by atoms with Gasteiger partial charge in [0.2, 0.25) is 0 Å². The highest BCUT2D eigenvalue weighted by Crippen LogP contribution is 2.42. The van der Waals surface area contributed by atoms with Crippen LogP contribution in [0.15, 0.2) is 24.3 Å². The minimum absolute atomic E-state index is 0.106. The maximum atomic E-state index is 14.3. The first-order valence-corrected chi connectivity index (χ1v) is 8.16. The van der Waals surface area contributed by atoms with E-state index < -0.39 is 0 Å². The molecule has 1 saturated carbocycles. The van der Waals surface area contributed by atoms with E-state index >= 15 is 0 Å². The first-order chi connectivity index (χ1) is 9.94. The molecule has 0 spiro atoms. The number of nitrogens with two attached hydrogens (primary N) is 1. The van der Waals surface area contributed by atoms with Gasteiger partial charge in [0.1, 0.15) is 5.82 Å². The Kier molecular flexibility index (Phi) is 4.92. The lowest BCUT2D eigenvalue weighted by Crippen LogP contribution is -2.54. The highest BCUT2D eigenvalue weighted by atomic mass is 19.1. The van der Waals surface area contributed by atoms with Crippen molar-refractivity contribution in [3.8, 4) is 0 Å². The summed E-state index contributed by atoms with van der Waals surface area (Å²) in [6.07, 6.45) is 5.63. The molecule has 0 aromatic heterocycles. The third-order valence-corrected chi connectivity index (χ3v) is 5.17. The summed E-state index contributed by atoms with van der Waals surface area (Å²) < 4.78 is 14.3. The summed E-state index contributed by atoms with van der Waals surface area (Å²) >= 11 is 0. The molecule has 0 amide bonds. The van der Waals surface area contributed by atoms with E-state index in [0.29, 0.717) is 17.6 Å². The second-order valence-corrected chi connectivity index (χ2v) is 7.14. The highest BCUT2D eigenvalue weighted by molar-refractivity contribution is 5.50. The zero-order chi connectivity index (χ0) is 15.5. The van der Waals surface area contributed by atoms with Gasteiger partial charge in [0.15, 0.2) is 0 Å². The minimum Gasteiger partial charge on any atom is -0.362 e. The summed E-state index contributed by atoms with van der Waals surface area (Å²) in [4.78, 5) is 2.21. The van der Waals surface area contributed by atoms with Crippen LogP contribution in [0.4, 0.5) is 10.1 Å². The molecule has 0 heterocycles. The van der Waals surface area contributed by atoms with E-state index in [-0.39, 0.29) is 11.4 Å². The number of hydrogen-bond acceptors (Lipinski definition) is 2. The third-order valence-electron chi connectivity index (χ3n) is 5.17. The number of hydrogen-bond donors (Lipinski definition) is 1. The number of anilines is 1. The predicted octanol–water partition coefficient (Wildman–Crippen LogP) is 4.34. The molecule has 1 aromatic rings. The van der Waals surface area contributed by atoms with Gasteiger partial charge < -0.3 is 10.6 Å². The van der Waals surface area contributed by atoms with Gasteiger partial charge in [0.25, 0.3) is 0 Å². The van der Waals surface area contributed by atoms with Gasteiger partial charge in [-0.15, -0.1) is 0 Å². The van der Waals surface area contributed by atoms with Gasteiger partial charge in [-0.1, -0.05) is 32.4 Å². The van der Waals surface area contributed by atoms with Crippen LogP contribution in [-0.2, 0) is 0 Å². The standard InChI is InChI=1S/C18H29FN2/c1-4-21(16-9-6-5-8-15(16)19)18(14-20)11-7-10-17(2,3)12-13-18/h5-6,8-9H,4,7,10-14,20H2,1-3H3. The molecule has 0 aliphatic heterocycles. The molecule has 1 aliphatic rings. The lowest BCUT2D eigenvalue weighted by Gasteiger charge is -2.44. The van der Waals surface area contributed by atoms with Crippen LogP contribution < -0.4 is 10.6 Å². The quantitative estimate of drug-likeness (QED) is 0.836. The Morgan fingerprint density at radius 2 is 1.86 bits per heavy atom. The van der Waals surface area contributed by atoms with E-state index in [1.807, 2.05) is 12.1 Å². The first-order valence-electron chi connectivity index (χ1n) is 8.16. The fourth-order valence-corrected chi connectivity index (χ4v) is 3.73. The van der Waals surface area contributed by atoms with Crippen molar-refractivity contribution in [2.24, 2.45) is 11.1 Å². The van der Waals surface area contributed by atoms with Crippen LogP contribution in [0.25, 0.3) is 0 Å². The lowest BCUT2D eigenvalue weighted by atomic mass is 9.82. The summed E-state index contributed by atoms with van der Waals surface area (Å²) in [5, 5.41) is 0. The molecule has 21 heavy (non-hydrogen) atoms. The zero-order valence-corrected chi connectivity index (χ0v) is 13.7. The van der Waals surface area contributed by atoms with Crippen molar-refractivity contribution >= 4 is 5.69 Å². The Labute approximate surface area is 128 Å². The van der Waals surface area contributed by atoms with Gasteiger partial charge in [-0.05, 0) is 50.2 Å². The summed E-state index contributed by atoms with van der Waals surface area (Å²) in [5.74, 6) is -0.143. The maximum Gasteiger partial charge on any atom is 0.146 e. The number of rotatable bonds is 4. The van der Waals surface area contributed by atoms with Crippen molar-refractivity contribution in [2.45, 2.75) is 58.4 Å². The Morgan fingerprint density at radius 1 is 1.14 bits per heavy atom. The number of para-hydroxylation sites is 1. The van der Waals surface area contributed by atoms with Crippen molar-refractivity contribution < 1.29 is 4.39 Å². The van der Waals surface area contributed by atoms with Crippen molar-refractivity contribution in [3.63, 3.8) is 0 Å². The smallest absolute Gasteiger partial charge is 0.146 e. The summed E-state index contributed by atoms with van der Waals surface area (Å²) in [6, 6.07) is 7.08. The fourth-order valence-electron chi connectivity index (χ4n) is 3.73. The van der Waals surface area contributed by atoms with Crippen LogP contribution in [0.5, 0.6) is 0 Å². The van der Waals surface area contributed by atoms with Crippen molar-refractivity contribution in [3.05, 3.63) is 30.1 Å². The van der Waals surface area contributed by atoms with Crippen LogP contribution in [0.2, 0.25) is 0 Å². The topological polar surface area (TPSA) is 29.3 Å². The Balaban J connectivity index is 2.35. The third kappa shape index (κ3) is 3.39. The lowest BCUT2D eigenvalue weighted by molar-refractivity contribution is 0.292. The van der Waals surface area contributed by atoms with E-state index in [0.717, 1.165) is 32.2 Å². The number of nitrogens with zero attached hydrogens (tertiary/aromatic N) is 1. The monoisotopic (exact) mass is 292 g/mol. The average molecular weight is 292 g/mol. The van der Waals surface area contributed by atoms with E-state index in [4.69, 9.17) is 5.73 Å². The van der Waals surface area contributed by atoms with Crippen LogP contribution in [0, 0.1) is 11.2 Å². The van der Waals surface area contributed by atoms with Crippen molar-refractivity contribution in [1.29, 1.82) is 0 Å². The molecule has 118 valence electrons. The van der Waals surface area contributed by atoms with Gasteiger partial charge in [-0.25, -0.2) is 4.39 Å². The van der Waals surface area contributed by atoms with Crippen LogP contribution in [0.1, 0.15) is 52.9 Å². The molecule has 2 rings (SSSR count). The van der Waals surface area contributed by atoms with Crippen molar-refractivity contribution in [1.82, 2.24) is 0 Å². The molecule has 0 bridgehead atoms. The SMILES string of the molecule is CCN(c1ccccc1F)C1(CN)CCCC(C)(C)CC1. The van der Waals surface area contributed by atoms with E-state index in [1.54, 1.807) is 12.1 Å². The number of benzene rings is 1. The largest absolute Gasteiger partial charge is 0.362 e. The molecule has 1 unspecified atom stereocenters.